The number of benzene rings is 1. The van der Waals surface area contributed by atoms with Gasteiger partial charge in [0.15, 0.2) is 0 Å². The maximum absolute atomic E-state index is 9.08. The molecular weight excluding hydrogens is 291 g/mol. The van der Waals surface area contributed by atoms with Crippen LogP contribution in [0.5, 0.6) is 5.75 Å². The molecule has 0 bridgehead atoms. The van der Waals surface area contributed by atoms with Gasteiger partial charge >= 0.3 is 7.12 Å². The number of ether oxygens (including phenoxy) is 1. The lowest BCUT2D eigenvalue weighted by molar-refractivity contribution is 0.00578. The molecule has 0 unspecified atom stereocenters. The molecule has 1 aromatic rings. The van der Waals surface area contributed by atoms with E-state index in [1.165, 1.54) is 0 Å². The maximum Gasteiger partial charge on any atom is 0.491 e. The molecule has 1 aliphatic heterocycles. The highest BCUT2D eigenvalue weighted by atomic mass is 16.7. The molecule has 23 heavy (non-hydrogen) atoms. The second-order valence-electron chi connectivity index (χ2n) is 6.58. The minimum Gasteiger partial charge on any atom is -0.496 e. The van der Waals surface area contributed by atoms with Crippen molar-refractivity contribution >= 4 is 13.2 Å². The van der Waals surface area contributed by atoms with E-state index in [2.05, 4.69) is 6.07 Å². The van der Waals surface area contributed by atoms with Crippen molar-refractivity contribution in [3.63, 3.8) is 0 Å². The van der Waals surface area contributed by atoms with E-state index >= 15 is 0 Å². The first-order valence-corrected chi connectivity index (χ1v) is 7.58. The fourth-order valence-electron chi connectivity index (χ4n) is 2.33. The summed E-state index contributed by atoms with van der Waals surface area (Å²) in [4.78, 5) is 0. The molecule has 0 aromatic heterocycles. The van der Waals surface area contributed by atoms with Crippen LogP contribution in [0.3, 0.4) is 0 Å². The molecule has 1 heterocycles. The summed E-state index contributed by atoms with van der Waals surface area (Å²) in [5.74, 6) is 0.673. The van der Waals surface area contributed by atoms with Crippen LogP contribution in [-0.4, -0.2) is 32.0 Å². The highest BCUT2D eigenvalue weighted by Crippen LogP contribution is 2.39. The van der Waals surface area contributed by atoms with Crippen LogP contribution >= 0.6 is 0 Å². The zero-order valence-electron chi connectivity index (χ0n) is 14.3. The molecular formula is C17H23BN2O3. The molecule has 0 radical (unpaired) electrons. The van der Waals surface area contributed by atoms with Crippen molar-refractivity contribution in [1.29, 1.82) is 5.26 Å². The first kappa shape index (κ1) is 17.5. The first-order valence-electron chi connectivity index (χ1n) is 7.58. The van der Waals surface area contributed by atoms with Crippen LogP contribution in [0, 0.1) is 11.3 Å². The molecule has 122 valence electrons. The number of nitrogens with two attached hydrogens (primary N) is 1. The van der Waals surface area contributed by atoms with Crippen molar-refractivity contribution in [2.24, 2.45) is 5.73 Å². The average molecular weight is 314 g/mol. The van der Waals surface area contributed by atoms with Crippen LogP contribution in [0.1, 0.15) is 38.8 Å². The van der Waals surface area contributed by atoms with E-state index in [1.54, 1.807) is 25.3 Å². The third-order valence-electron chi connectivity index (χ3n) is 4.49. The van der Waals surface area contributed by atoms with Gasteiger partial charge in [-0.05, 0) is 51.4 Å². The van der Waals surface area contributed by atoms with Crippen LogP contribution in [0.4, 0.5) is 0 Å². The summed E-state index contributed by atoms with van der Waals surface area (Å²) in [5, 5.41) is 9.08. The van der Waals surface area contributed by atoms with Gasteiger partial charge in [-0.3, -0.25) is 0 Å². The number of methoxy groups -OCH3 is 1. The summed E-state index contributed by atoms with van der Waals surface area (Å²) in [6, 6.07) is 7.37. The largest absolute Gasteiger partial charge is 0.496 e. The predicted molar refractivity (Wildman–Crippen MR) is 90.8 cm³/mol. The lowest BCUT2D eigenvalue weighted by Gasteiger charge is -2.32. The van der Waals surface area contributed by atoms with Crippen LogP contribution in [0.15, 0.2) is 23.7 Å². The topological polar surface area (TPSA) is 77.5 Å². The standard InChI is InChI=1S/C17H23BN2O3/c1-16(2)17(3,4)23-18(22-16)14(11-20)9-13-8-12(10-19)6-7-15(13)21-5/h6-9H,11,20H2,1-5H3. The van der Waals surface area contributed by atoms with Gasteiger partial charge in [0.1, 0.15) is 5.75 Å². The lowest BCUT2D eigenvalue weighted by Crippen LogP contribution is -2.41. The highest BCUT2D eigenvalue weighted by Gasteiger charge is 2.52. The Hall–Kier alpha value is -1.81. The Morgan fingerprint density at radius 2 is 1.91 bits per heavy atom. The van der Waals surface area contributed by atoms with Crippen molar-refractivity contribution in [2.45, 2.75) is 38.9 Å². The molecule has 0 aliphatic carbocycles. The minimum atomic E-state index is -0.513. The Bertz CT molecular complexity index is 646. The zero-order chi connectivity index (χ0) is 17.3. The minimum absolute atomic E-state index is 0.288. The molecule has 1 fully saturated rings. The number of nitrogens with zero attached hydrogens (tertiary/aromatic N) is 1. The molecule has 6 heteroatoms. The molecule has 2 N–H and O–H groups in total. The van der Waals surface area contributed by atoms with Crippen molar-refractivity contribution in [2.75, 3.05) is 13.7 Å². The maximum atomic E-state index is 9.08. The molecule has 0 atom stereocenters. The van der Waals surface area contributed by atoms with Crippen LogP contribution in [-0.2, 0) is 9.31 Å². The molecule has 0 saturated carbocycles. The van der Waals surface area contributed by atoms with E-state index in [9.17, 15) is 0 Å². The predicted octanol–water partition coefficient (Wildman–Crippen LogP) is 2.54. The Kier molecular flexibility index (Phi) is 4.85. The summed E-state index contributed by atoms with van der Waals surface area (Å²) >= 11 is 0. The molecule has 0 amide bonds. The third-order valence-corrected chi connectivity index (χ3v) is 4.49. The molecule has 1 aromatic carbocycles. The van der Waals surface area contributed by atoms with Crippen LogP contribution < -0.4 is 10.5 Å². The van der Waals surface area contributed by atoms with Crippen LogP contribution in [0.25, 0.3) is 6.08 Å². The highest BCUT2D eigenvalue weighted by molar-refractivity contribution is 6.55. The normalized spacial score (nSPS) is 19.5. The van der Waals surface area contributed by atoms with Crippen molar-refractivity contribution in [1.82, 2.24) is 0 Å². The summed E-state index contributed by atoms with van der Waals surface area (Å²) in [6.07, 6.45) is 1.88. The quantitative estimate of drug-likeness (QED) is 0.864. The lowest BCUT2D eigenvalue weighted by atomic mass is 9.77. The van der Waals surface area contributed by atoms with E-state index in [4.69, 9.17) is 25.0 Å². The van der Waals surface area contributed by atoms with Gasteiger partial charge in [0.2, 0.25) is 0 Å². The summed E-state index contributed by atoms with van der Waals surface area (Å²) in [5.41, 5.74) is 7.19. The Labute approximate surface area is 138 Å². The Balaban J connectivity index is 2.39. The van der Waals surface area contributed by atoms with E-state index in [0.717, 1.165) is 11.0 Å². The van der Waals surface area contributed by atoms with Crippen LogP contribution in [0.2, 0.25) is 0 Å². The van der Waals surface area contributed by atoms with Gasteiger partial charge in [-0.2, -0.15) is 5.26 Å². The fourth-order valence-corrected chi connectivity index (χ4v) is 2.33. The van der Waals surface area contributed by atoms with E-state index in [0.29, 0.717) is 11.3 Å². The zero-order valence-corrected chi connectivity index (χ0v) is 14.3. The van der Waals surface area contributed by atoms with Gasteiger partial charge in [-0.25, -0.2) is 0 Å². The molecule has 1 aliphatic rings. The van der Waals surface area contributed by atoms with Gasteiger partial charge < -0.3 is 19.8 Å². The van der Waals surface area contributed by atoms with Crippen molar-refractivity contribution < 1.29 is 14.0 Å². The number of nitriles is 1. The molecule has 1 saturated heterocycles. The van der Waals surface area contributed by atoms with E-state index < -0.39 is 18.3 Å². The second-order valence-corrected chi connectivity index (χ2v) is 6.58. The van der Waals surface area contributed by atoms with E-state index in [-0.39, 0.29) is 6.54 Å². The molecule has 0 spiro atoms. The Morgan fingerprint density at radius 3 is 2.39 bits per heavy atom. The van der Waals surface area contributed by atoms with Crippen molar-refractivity contribution in [3.05, 3.63) is 34.8 Å². The van der Waals surface area contributed by atoms with Gasteiger partial charge in [0.25, 0.3) is 0 Å². The first-order chi connectivity index (χ1) is 10.7. The average Bonchev–Trinajstić information content (AvgIpc) is 2.72. The monoisotopic (exact) mass is 314 g/mol. The fraction of sp³-hybridized carbons (Fsp3) is 0.471. The number of hydrogen-bond acceptors (Lipinski definition) is 5. The van der Waals surface area contributed by atoms with Gasteiger partial charge in [-0.1, -0.05) is 6.08 Å². The number of hydrogen-bond donors (Lipinski definition) is 1. The second kappa shape index (κ2) is 6.36. The summed E-state index contributed by atoms with van der Waals surface area (Å²) < 4.78 is 17.4. The SMILES string of the molecule is COc1ccc(C#N)cc1C=C(CN)B1OC(C)(C)C(C)(C)O1. The van der Waals surface area contributed by atoms with Gasteiger partial charge in [0, 0.05) is 12.1 Å². The number of rotatable bonds is 4. The Morgan fingerprint density at radius 1 is 1.30 bits per heavy atom. The summed E-state index contributed by atoms with van der Waals surface area (Å²) in [7, 11) is 1.08. The molecule has 5 nitrogen and oxygen atoms in total. The van der Waals surface area contributed by atoms with Crippen molar-refractivity contribution in [3.8, 4) is 11.8 Å². The van der Waals surface area contributed by atoms with Gasteiger partial charge in [-0.15, -0.1) is 0 Å². The van der Waals surface area contributed by atoms with Gasteiger partial charge in [0.05, 0.1) is 29.9 Å². The molecule has 2 rings (SSSR count). The smallest absolute Gasteiger partial charge is 0.491 e. The summed E-state index contributed by atoms with van der Waals surface area (Å²) in [6.45, 7) is 8.28. The van der Waals surface area contributed by atoms with E-state index in [1.807, 2.05) is 33.8 Å². The third kappa shape index (κ3) is 3.42.